The maximum atomic E-state index is 11.0. The number of nitrogens with zero attached hydrogens (tertiary/aromatic N) is 2. The first-order valence-corrected chi connectivity index (χ1v) is 5.30. The van der Waals surface area contributed by atoms with Crippen molar-refractivity contribution in [3.63, 3.8) is 0 Å². The Balaban J connectivity index is 2.31. The summed E-state index contributed by atoms with van der Waals surface area (Å²) < 4.78 is 5.41. The quantitative estimate of drug-likeness (QED) is 0.820. The number of hydrogen-bond acceptors (Lipinski definition) is 5. The maximum Gasteiger partial charge on any atom is 0.248 e. The molecule has 7 heteroatoms. The highest BCUT2D eigenvalue weighted by atomic mass is 35.5. The van der Waals surface area contributed by atoms with Crippen LogP contribution in [0.2, 0.25) is 5.28 Å². The molecule has 0 aliphatic carbocycles. The smallest absolute Gasteiger partial charge is 0.248 e. The molecule has 0 aliphatic heterocycles. The molecule has 1 amide bonds. The van der Waals surface area contributed by atoms with Crippen molar-refractivity contribution in [3.8, 4) is 11.6 Å². The van der Waals surface area contributed by atoms with Gasteiger partial charge in [-0.3, -0.25) is 4.79 Å². The van der Waals surface area contributed by atoms with Gasteiger partial charge in [-0.2, -0.15) is 4.98 Å². The summed E-state index contributed by atoms with van der Waals surface area (Å²) in [4.78, 5) is 18.6. The minimum Gasteiger partial charge on any atom is -0.437 e. The van der Waals surface area contributed by atoms with Crippen LogP contribution in [0.5, 0.6) is 11.6 Å². The predicted octanol–water partition coefficient (Wildman–Crippen LogP) is 1.60. The molecular weight excluding hydrogens is 256 g/mol. The first-order valence-electron chi connectivity index (χ1n) is 4.92. The molecule has 0 atom stereocenters. The highest BCUT2D eigenvalue weighted by molar-refractivity contribution is 6.28. The number of carbonyl (C=O) groups excluding carboxylic acids is 1. The van der Waals surface area contributed by atoms with Crippen LogP contribution in [-0.2, 0) is 0 Å². The number of anilines is 1. The van der Waals surface area contributed by atoms with Crippen molar-refractivity contribution in [1.29, 1.82) is 0 Å². The zero-order valence-electron chi connectivity index (χ0n) is 9.13. The van der Waals surface area contributed by atoms with E-state index in [9.17, 15) is 4.79 Å². The molecule has 4 N–H and O–H groups in total. The van der Waals surface area contributed by atoms with Crippen LogP contribution in [0.25, 0.3) is 0 Å². The molecule has 0 saturated carbocycles. The summed E-state index contributed by atoms with van der Waals surface area (Å²) in [6.45, 7) is 0. The van der Waals surface area contributed by atoms with Crippen LogP contribution >= 0.6 is 11.6 Å². The Morgan fingerprint density at radius 1 is 1.39 bits per heavy atom. The number of benzene rings is 1. The topological polar surface area (TPSA) is 104 Å². The van der Waals surface area contributed by atoms with Gasteiger partial charge in [0.1, 0.15) is 11.4 Å². The van der Waals surface area contributed by atoms with Crippen LogP contribution in [0.15, 0.2) is 30.5 Å². The van der Waals surface area contributed by atoms with Crippen molar-refractivity contribution in [2.24, 2.45) is 5.73 Å². The summed E-state index contributed by atoms with van der Waals surface area (Å²) in [5.41, 5.74) is 11.4. The molecular formula is C11H9ClN4O2. The van der Waals surface area contributed by atoms with Gasteiger partial charge in [-0.15, -0.1) is 0 Å². The molecule has 1 heterocycles. The van der Waals surface area contributed by atoms with Crippen molar-refractivity contribution in [3.05, 3.63) is 41.3 Å². The Hall–Kier alpha value is -2.34. The lowest BCUT2D eigenvalue weighted by atomic mass is 10.2. The van der Waals surface area contributed by atoms with Gasteiger partial charge in [-0.1, -0.05) is 6.07 Å². The number of ether oxygens (including phenoxy) is 1. The molecule has 0 unspecified atom stereocenters. The molecule has 6 nitrogen and oxygen atoms in total. The molecule has 0 fully saturated rings. The molecule has 0 radical (unpaired) electrons. The lowest BCUT2D eigenvalue weighted by Gasteiger charge is -2.07. The van der Waals surface area contributed by atoms with E-state index in [2.05, 4.69) is 9.97 Å². The molecule has 2 aromatic rings. The van der Waals surface area contributed by atoms with E-state index in [1.807, 2.05) is 0 Å². The first-order chi connectivity index (χ1) is 8.56. The van der Waals surface area contributed by atoms with E-state index in [0.717, 1.165) is 0 Å². The summed E-state index contributed by atoms with van der Waals surface area (Å²) in [5, 5.41) is 0.0188. The third kappa shape index (κ3) is 2.67. The van der Waals surface area contributed by atoms with Gasteiger partial charge in [0, 0.05) is 5.56 Å². The van der Waals surface area contributed by atoms with Gasteiger partial charge in [0.2, 0.25) is 17.1 Å². The molecule has 1 aromatic heterocycles. The van der Waals surface area contributed by atoms with E-state index >= 15 is 0 Å². The zero-order valence-corrected chi connectivity index (χ0v) is 9.89. The Labute approximate surface area is 108 Å². The van der Waals surface area contributed by atoms with Crippen LogP contribution in [-0.4, -0.2) is 15.9 Å². The van der Waals surface area contributed by atoms with Crippen molar-refractivity contribution < 1.29 is 9.53 Å². The van der Waals surface area contributed by atoms with Crippen molar-refractivity contribution in [1.82, 2.24) is 9.97 Å². The standard InChI is InChI=1S/C11H9ClN4O2/c12-11-15-5-8(13)10(16-11)18-7-3-1-2-6(4-7)9(14)17/h1-5H,13H2,(H2,14,17). The summed E-state index contributed by atoms with van der Waals surface area (Å²) in [5.74, 6) is -0.0430. The van der Waals surface area contributed by atoms with E-state index in [1.165, 1.54) is 12.3 Å². The average Bonchev–Trinajstić information content (AvgIpc) is 2.34. The van der Waals surface area contributed by atoms with E-state index in [0.29, 0.717) is 11.3 Å². The number of primary amides is 1. The van der Waals surface area contributed by atoms with Gasteiger partial charge in [0.25, 0.3) is 0 Å². The number of amides is 1. The van der Waals surface area contributed by atoms with Crippen LogP contribution in [0.3, 0.4) is 0 Å². The number of rotatable bonds is 3. The SMILES string of the molecule is NC(=O)c1cccc(Oc2nc(Cl)ncc2N)c1. The molecule has 2 rings (SSSR count). The number of nitrogens with two attached hydrogens (primary N) is 2. The van der Waals surface area contributed by atoms with Gasteiger partial charge >= 0.3 is 0 Å². The van der Waals surface area contributed by atoms with Gasteiger partial charge in [0.15, 0.2) is 0 Å². The second-order valence-electron chi connectivity index (χ2n) is 3.39. The molecule has 0 bridgehead atoms. The largest absolute Gasteiger partial charge is 0.437 e. The van der Waals surface area contributed by atoms with Gasteiger partial charge in [-0.05, 0) is 29.8 Å². The third-order valence-electron chi connectivity index (χ3n) is 2.08. The number of aromatic nitrogens is 2. The van der Waals surface area contributed by atoms with Crippen LogP contribution in [0, 0.1) is 0 Å². The van der Waals surface area contributed by atoms with E-state index in [-0.39, 0.29) is 16.9 Å². The Morgan fingerprint density at radius 2 is 2.17 bits per heavy atom. The van der Waals surface area contributed by atoms with E-state index < -0.39 is 5.91 Å². The Morgan fingerprint density at radius 3 is 2.89 bits per heavy atom. The predicted molar refractivity (Wildman–Crippen MR) is 66.5 cm³/mol. The van der Waals surface area contributed by atoms with Crippen molar-refractivity contribution in [2.45, 2.75) is 0 Å². The van der Waals surface area contributed by atoms with Crippen LogP contribution < -0.4 is 16.2 Å². The lowest BCUT2D eigenvalue weighted by molar-refractivity contribution is 0.1000. The molecule has 18 heavy (non-hydrogen) atoms. The molecule has 0 aliphatic rings. The fourth-order valence-corrected chi connectivity index (χ4v) is 1.39. The maximum absolute atomic E-state index is 11.0. The monoisotopic (exact) mass is 264 g/mol. The van der Waals surface area contributed by atoms with Crippen molar-refractivity contribution >= 4 is 23.2 Å². The van der Waals surface area contributed by atoms with Gasteiger partial charge < -0.3 is 16.2 Å². The lowest BCUT2D eigenvalue weighted by Crippen LogP contribution is -2.10. The molecule has 1 aromatic carbocycles. The Kier molecular flexibility index (Phi) is 3.29. The normalized spacial score (nSPS) is 10.1. The zero-order chi connectivity index (χ0) is 13.1. The number of hydrogen-bond donors (Lipinski definition) is 2. The summed E-state index contributed by atoms with van der Waals surface area (Å²) >= 11 is 5.63. The molecule has 0 spiro atoms. The fraction of sp³-hybridized carbons (Fsp3) is 0. The number of nitrogen functional groups attached to an aromatic ring is 1. The minimum atomic E-state index is -0.547. The highest BCUT2D eigenvalue weighted by Gasteiger charge is 2.07. The highest BCUT2D eigenvalue weighted by Crippen LogP contribution is 2.25. The summed E-state index contributed by atoms with van der Waals surface area (Å²) in [6.07, 6.45) is 1.34. The van der Waals surface area contributed by atoms with Gasteiger partial charge in [-0.25, -0.2) is 4.98 Å². The number of carbonyl (C=O) groups is 1. The van der Waals surface area contributed by atoms with Gasteiger partial charge in [0.05, 0.1) is 6.20 Å². The summed E-state index contributed by atoms with van der Waals surface area (Å²) in [6, 6.07) is 6.33. The average molecular weight is 265 g/mol. The van der Waals surface area contributed by atoms with Crippen molar-refractivity contribution in [2.75, 3.05) is 5.73 Å². The third-order valence-corrected chi connectivity index (χ3v) is 2.27. The Bertz CT molecular complexity index is 603. The second kappa shape index (κ2) is 4.89. The van der Waals surface area contributed by atoms with E-state index in [4.69, 9.17) is 27.8 Å². The molecule has 92 valence electrons. The van der Waals surface area contributed by atoms with E-state index in [1.54, 1.807) is 18.2 Å². The fourth-order valence-electron chi connectivity index (χ4n) is 1.26. The molecule has 0 saturated heterocycles. The van der Waals surface area contributed by atoms with Crippen LogP contribution in [0.4, 0.5) is 5.69 Å². The minimum absolute atomic E-state index is 0.0188. The van der Waals surface area contributed by atoms with Crippen LogP contribution in [0.1, 0.15) is 10.4 Å². The summed E-state index contributed by atoms with van der Waals surface area (Å²) in [7, 11) is 0. The number of halogens is 1. The second-order valence-corrected chi connectivity index (χ2v) is 3.73. The first kappa shape index (κ1) is 12.1.